The monoisotopic (exact) mass is 412 g/mol. The summed E-state index contributed by atoms with van der Waals surface area (Å²) in [6, 6.07) is 6.30. The molecule has 0 bridgehead atoms. The molecule has 140 valence electrons. The smallest absolute Gasteiger partial charge is 0.257 e. The zero-order valence-corrected chi connectivity index (χ0v) is 17.1. The molecule has 0 saturated carbocycles. The first-order valence-electron chi connectivity index (χ1n) is 7.71. The van der Waals surface area contributed by atoms with Gasteiger partial charge in [0.2, 0.25) is 15.2 Å². The third-order valence-corrected chi connectivity index (χ3v) is 6.16. The molecule has 10 heteroatoms. The molecule has 0 atom stereocenters. The fourth-order valence-electron chi connectivity index (χ4n) is 2.01. The number of nitrogens with zero attached hydrogens (tertiary/aromatic N) is 3. The molecule has 1 heterocycles. The number of aromatic nitrogens is 2. The minimum Gasteiger partial charge on any atom is -0.296 e. The van der Waals surface area contributed by atoms with Gasteiger partial charge in [-0.25, -0.2) is 8.42 Å². The number of nitrogens with one attached hydrogen (secondary N) is 1. The second kappa shape index (κ2) is 8.65. The van der Waals surface area contributed by atoms with E-state index in [0.717, 1.165) is 10.6 Å². The highest BCUT2D eigenvalue weighted by Gasteiger charge is 2.17. The Bertz CT molecular complexity index is 876. The Morgan fingerprint density at radius 2 is 2.00 bits per heavy atom. The second-order valence-corrected chi connectivity index (χ2v) is 10.3. The number of sulfonamides is 1. The first-order chi connectivity index (χ1) is 12.2. The Morgan fingerprint density at radius 3 is 2.54 bits per heavy atom. The maximum Gasteiger partial charge on any atom is 0.257 e. The van der Waals surface area contributed by atoms with E-state index in [-0.39, 0.29) is 12.5 Å². The predicted molar refractivity (Wildman–Crippen MR) is 108 cm³/mol. The minimum atomic E-state index is -3.43. The van der Waals surface area contributed by atoms with Gasteiger partial charge in [-0.05, 0) is 24.3 Å². The van der Waals surface area contributed by atoms with Crippen molar-refractivity contribution in [2.75, 3.05) is 22.4 Å². The number of benzene rings is 1. The normalized spacial score (nSPS) is 11.4. The third kappa shape index (κ3) is 5.55. The van der Waals surface area contributed by atoms with Crippen LogP contribution in [-0.4, -0.2) is 42.6 Å². The Morgan fingerprint density at radius 1 is 1.35 bits per heavy atom. The molecule has 2 rings (SSSR count). The highest BCUT2D eigenvalue weighted by Crippen LogP contribution is 2.28. The van der Waals surface area contributed by atoms with Gasteiger partial charge in [0, 0.05) is 10.8 Å². The lowest BCUT2D eigenvalue weighted by Crippen LogP contribution is -2.29. The summed E-state index contributed by atoms with van der Waals surface area (Å²) in [7, 11) is -3.43. The van der Waals surface area contributed by atoms with Crippen molar-refractivity contribution in [2.24, 2.45) is 0 Å². The molecule has 7 nitrogen and oxygen atoms in total. The van der Waals surface area contributed by atoms with Gasteiger partial charge in [-0.2, -0.15) is 0 Å². The van der Waals surface area contributed by atoms with Crippen molar-refractivity contribution in [1.82, 2.24) is 10.2 Å². The van der Waals surface area contributed by atoms with E-state index in [1.807, 2.05) is 0 Å². The second-order valence-electron chi connectivity index (χ2n) is 5.62. The average molecular weight is 413 g/mol. The van der Waals surface area contributed by atoms with Crippen LogP contribution in [0, 0.1) is 0 Å². The average Bonchev–Trinajstić information content (AvgIpc) is 2.97. The lowest BCUT2D eigenvalue weighted by molar-refractivity contribution is 0.102. The van der Waals surface area contributed by atoms with Crippen molar-refractivity contribution in [2.45, 2.75) is 23.4 Å². The van der Waals surface area contributed by atoms with E-state index in [2.05, 4.69) is 35.9 Å². The van der Waals surface area contributed by atoms with Crippen LogP contribution in [0.3, 0.4) is 0 Å². The zero-order chi connectivity index (χ0) is 19.3. The summed E-state index contributed by atoms with van der Waals surface area (Å²) in [5, 5.41) is 11.5. The Hall–Kier alpha value is -1.91. The van der Waals surface area contributed by atoms with Crippen molar-refractivity contribution in [3.63, 3.8) is 0 Å². The lowest BCUT2D eigenvalue weighted by atomic mass is 10.2. The van der Waals surface area contributed by atoms with E-state index in [1.165, 1.54) is 21.7 Å². The Kier molecular flexibility index (Phi) is 6.79. The predicted octanol–water partition coefficient (Wildman–Crippen LogP) is 3.24. The molecule has 2 aromatic rings. The largest absolute Gasteiger partial charge is 0.296 e. The molecule has 1 aromatic carbocycles. The molecule has 26 heavy (non-hydrogen) atoms. The number of carbonyl (C=O) groups is 1. The van der Waals surface area contributed by atoms with Crippen LogP contribution < -0.4 is 9.62 Å². The van der Waals surface area contributed by atoms with Crippen molar-refractivity contribution < 1.29 is 13.2 Å². The molecule has 0 spiro atoms. The van der Waals surface area contributed by atoms with E-state index in [4.69, 9.17) is 0 Å². The summed E-state index contributed by atoms with van der Waals surface area (Å²) in [6.07, 6.45) is 2.63. The summed E-state index contributed by atoms with van der Waals surface area (Å²) in [4.78, 5) is 12.3. The molecule has 0 unspecified atom stereocenters. The van der Waals surface area contributed by atoms with Crippen LogP contribution in [0.5, 0.6) is 0 Å². The van der Waals surface area contributed by atoms with E-state index in [1.54, 1.807) is 36.0 Å². The summed E-state index contributed by atoms with van der Waals surface area (Å²) >= 11 is 2.89. The molecule has 0 radical (unpaired) electrons. The first kappa shape index (κ1) is 20.4. The van der Waals surface area contributed by atoms with E-state index in [9.17, 15) is 13.2 Å². The van der Waals surface area contributed by atoms with Crippen LogP contribution in [0.25, 0.3) is 0 Å². The minimum absolute atomic E-state index is 0.158. The van der Waals surface area contributed by atoms with Crippen LogP contribution in [0.1, 0.15) is 24.2 Å². The van der Waals surface area contributed by atoms with E-state index < -0.39 is 10.0 Å². The van der Waals surface area contributed by atoms with Gasteiger partial charge in [-0.15, -0.1) is 16.8 Å². The van der Waals surface area contributed by atoms with Crippen LogP contribution in [-0.2, 0) is 10.0 Å². The quantitative estimate of drug-likeness (QED) is 0.406. The molecule has 0 saturated heterocycles. The van der Waals surface area contributed by atoms with Crippen LogP contribution in [0.4, 0.5) is 10.8 Å². The number of carbonyl (C=O) groups excluding carboxylic acids is 1. The maximum absolute atomic E-state index is 12.3. The van der Waals surface area contributed by atoms with Gasteiger partial charge in [-0.1, -0.05) is 43.0 Å². The SMILES string of the molecule is C=CCN(c1ccc(C(=O)Nc2nnc(SC(C)C)s2)cc1)S(C)(=O)=O. The van der Waals surface area contributed by atoms with Crippen LogP contribution in [0.15, 0.2) is 41.3 Å². The van der Waals surface area contributed by atoms with Gasteiger partial charge in [0.05, 0.1) is 18.5 Å². The van der Waals surface area contributed by atoms with Crippen LogP contribution in [0.2, 0.25) is 0 Å². The lowest BCUT2D eigenvalue weighted by Gasteiger charge is -2.20. The molecule has 1 aromatic heterocycles. The fraction of sp³-hybridized carbons (Fsp3) is 0.312. The van der Waals surface area contributed by atoms with E-state index >= 15 is 0 Å². The highest BCUT2D eigenvalue weighted by atomic mass is 32.2. The number of hydrogen-bond acceptors (Lipinski definition) is 7. The van der Waals surface area contributed by atoms with Crippen molar-refractivity contribution in [3.8, 4) is 0 Å². The standard InChI is InChI=1S/C16H20N4O3S3/c1-5-10-20(26(4,22)23)13-8-6-12(7-9-13)14(21)17-15-18-19-16(25-15)24-11(2)3/h5-9,11H,1,10H2,2-4H3,(H,17,18,21). The number of anilines is 2. The topological polar surface area (TPSA) is 92.3 Å². The first-order valence-corrected chi connectivity index (χ1v) is 11.3. The maximum atomic E-state index is 12.3. The van der Waals surface area contributed by atoms with Crippen molar-refractivity contribution in [1.29, 1.82) is 0 Å². The van der Waals surface area contributed by atoms with Gasteiger partial charge < -0.3 is 0 Å². The highest BCUT2D eigenvalue weighted by molar-refractivity contribution is 8.01. The summed E-state index contributed by atoms with van der Waals surface area (Å²) < 4.78 is 25.7. The van der Waals surface area contributed by atoms with Crippen molar-refractivity contribution >= 4 is 49.8 Å². The fourth-order valence-corrected chi connectivity index (χ4v) is 4.86. The summed E-state index contributed by atoms with van der Waals surface area (Å²) in [6.45, 7) is 7.83. The van der Waals surface area contributed by atoms with Crippen molar-refractivity contribution in [3.05, 3.63) is 42.5 Å². The molecule has 0 fully saturated rings. The number of rotatable bonds is 8. The van der Waals surface area contributed by atoms with Crippen LogP contribution >= 0.6 is 23.1 Å². The number of amides is 1. The molecular weight excluding hydrogens is 392 g/mol. The van der Waals surface area contributed by atoms with Gasteiger partial charge in [-0.3, -0.25) is 14.4 Å². The Balaban J connectivity index is 2.11. The molecule has 0 aliphatic heterocycles. The van der Waals surface area contributed by atoms with Gasteiger partial charge in [0.15, 0.2) is 4.34 Å². The van der Waals surface area contributed by atoms with E-state index in [0.29, 0.717) is 21.6 Å². The van der Waals surface area contributed by atoms with Gasteiger partial charge in [0.1, 0.15) is 0 Å². The van der Waals surface area contributed by atoms with Gasteiger partial charge >= 0.3 is 0 Å². The number of hydrogen-bond donors (Lipinski definition) is 1. The van der Waals surface area contributed by atoms with Gasteiger partial charge in [0.25, 0.3) is 5.91 Å². The molecule has 0 aliphatic carbocycles. The summed E-state index contributed by atoms with van der Waals surface area (Å²) in [5.41, 5.74) is 0.865. The molecular formula is C16H20N4O3S3. The summed E-state index contributed by atoms with van der Waals surface area (Å²) in [5.74, 6) is -0.330. The third-order valence-electron chi connectivity index (χ3n) is 3.08. The molecule has 1 amide bonds. The molecule has 0 aliphatic rings. The number of thioether (sulfide) groups is 1. The molecule has 1 N–H and O–H groups in total. The Labute approximate surface area is 161 Å². The zero-order valence-electron chi connectivity index (χ0n) is 14.7.